The van der Waals surface area contributed by atoms with Gasteiger partial charge in [-0.05, 0) is 107 Å². The van der Waals surface area contributed by atoms with Crippen molar-refractivity contribution in [1.29, 1.82) is 0 Å². The summed E-state index contributed by atoms with van der Waals surface area (Å²) in [5.41, 5.74) is 0.476. The van der Waals surface area contributed by atoms with E-state index in [9.17, 15) is 24.3 Å². The molecule has 0 saturated heterocycles. The molecule has 0 bridgehead atoms. The third-order valence-corrected chi connectivity index (χ3v) is 9.70. The lowest BCUT2D eigenvalue weighted by molar-refractivity contribution is -0.163. The highest BCUT2D eigenvalue weighted by Gasteiger charge is 2.42. The van der Waals surface area contributed by atoms with E-state index in [-0.39, 0.29) is 18.5 Å². The number of carboxylic acids is 2. The maximum Gasteiger partial charge on any atom is 0.328 e. The Labute approximate surface area is 333 Å². The van der Waals surface area contributed by atoms with Crippen LogP contribution in [0.5, 0.6) is 11.5 Å². The molecule has 2 aromatic rings. The fraction of sp³-hybridized carbons (Fsp3) is 0.556. The van der Waals surface area contributed by atoms with Gasteiger partial charge in [-0.25, -0.2) is 9.59 Å². The number of carbonyl (C=O) groups is 4. The zero-order chi connectivity index (χ0) is 41.2. The summed E-state index contributed by atoms with van der Waals surface area (Å²) in [7, 11) is 0. The molecule has 0 spiro atoms. The first-order chi connectivity index (χ1) is 26.8. The lowest BCUT2D eigenvalue weighted by Crippen LogP contribution is -2.38. The van der Waals surface area contributed by atoms with Crippen LogP contribution in [0.3, 0.4) is 0 Å². The van der Waals surface area contributed by atoms with Gasteiger partial charge in [0.05, 0.1) is 43.9 Å². The van der Waals surface area contributed by atoms with Crippen molar-refractivity contribution in [2.75, 3.05) is 26.4 Å². The van der Waals surface area contributed by atoms with E-state index in [0.29, 0.717) is 56.1 Å². The third kappa shape index (κ3) is 19.3. The lowest BCUT2D eigenvalue weighted by atomic mass is 9.72. The van der Waals surface area contributed by atoms with Crippen molar-refractivity contribution in [3.8, 4) is 11.5 Å². The zero-order valence-corrected chi connectivity index (χ0v) is 33.9. The van der Waals surface area contributed by atoms with Crippen LogP contribution in [0, 0.1) is 10.8 Å². The minimum atomic E-state index is -1.03. The van der Waals surface area contributed by atoms with E-state index in [0.717, 1.165) is 101 Å². The van der Waals surface area contributed by atoms with Gasteiger partial charge in [0.1, 0.15) is 11.5 Å². The Morgan fingerprint density at radius 2 is 1.07 bits per heavy atom. The monoisotopic (exact) mass is 780 g/mol. The molecule has 1 atom stereocenters. The molecule has 0 fully saturated rings. The predicted molar refractivity (Wildman–Crippen MR) is 217 cm³/mol. The number of esters is 2. The van der Waals surface area contributed by atoms with Crippen molar-refractivity contribution in [1.82, 2.24) is 0 Å². The summed E-state index contributed by atoms with van der Waals surface area (Å²) in [5.74, 6) is -1.23. The van der Waals surface area contributed by atoms with Crippen molar-refractivity contribution >= 4 is 36.0 Å². The average Bonchev–Trinajstić information content (AvgIpc) is 3.17. The average molecular weight is 781 g/mol. The van der Waals surface area contributed by atoms with Gasteiger partial charge in [-0.3, -0.25) is 9.59 Å². The van der Waals surface area contributed by atoms with Gasteiger partial charge in [0.2, 0.25) is 0 Å². The summed E-state index contributed by atoms with van der Waals surface area (Å²) in [6, 6.07) is 12.5. The molecule has 0 amide bonds. The molecule has 11 nitrogen and oxygen atoms in total. The summed E-state index contributed by atoms with van der Waals surface area (Å²) in [6.07, 6.45) is 17.5. The Balaban J connectivity index is 1.53. The SMILES string of the molecule is CCC(C)(CC(C)(C)C(=O)OCCCCCCCCOc1ccc(/C=C/C(=O)O)cc1CO)C(=O)OCCCCCCCCOc1ccc(/C=C/C(=O)O)cc1. The number of hydrogen-bond donors (Lipinski definition) is 3. The first kappa shape index (κ1) is 47.5. The second-order valence-corrected chi connectivity index (χ2v) is 15.1. The van der Waals surface area contributed by atoms with Gasteiger partial charge in [-0.15, -0.1) is 0 Å². The number of benzene rings is 2. The van der Waals surface area contributed by atoms with Crippen LogP contribution in [0.1, 0.15) is 134 Å². The van der Waals surface area contributed by atoms with Crippen LogP contribution >= 0.6 is 0 Å². The predicted octanol–water partition coefficient (Wildman–Crippen LogP) is 9.43. The molecule has 11 heteroatoms. The zero-order valence-electron chi connectivity index (χ0n) is 33.9. The number of hydrogen-bond acceptors (Lipinski definition) is 9. The van der Waals surface area contributed by atoms with Crippen molar-refractivity contribution in [2.45, 2.75) is 124 Å². The van der Waals surface area contributed by atoms with E-state index in [1.54, 1.807) is 18.2 Å². The van der Waals surface area contributed by atoms with Crippen molar-refractivity contribution in [2.24, 2.45) is 10.8 Å². The highest BCUT2D eigenvalue weighted by Crippen LogP contribution is 2.38. The van der Waals surface area contributed by atoms with Crippen LogP contribution in [0.25, 0.3) is 12.2 Å². The first-order valence-electron chi connectivity index (χ1n) is 20.1. The van der Waals surface area contributed by atoms with E-state index in [2.05, 4.69) is 0 Å². The molecule has 0 aliphatic carbocycles. The number of aliphatic hydroxyl groups excluding tert-OH is 1. The number of rotatable bonds is 30. The first-order valence-corrected chi connectivity index (χ1v) is 20.1. The molecule has 0 aromatic heterocycles. The van der Waals surface area contributed by atoms with Crippen LogP contribution in [-0.4, -0.2) is 65.6 Å². The van der Waals surface area contributed by atoms with Crippen molar-refractivity contribution in [3.63, 3.8) is 0 Å². The molecule has 3 N–H and O–H groups in total. The maximum absolute atomic E-state index is 13.1. The van der Waals surface area contributed by atoms with Gasteiger partial charge in [0, 0.05) is 17.7 Å². The Hall–Kier alpha value is -4.64. The van der Waals surface area contributed by atoms with E-state index in [1.807, 2.05) is 52.0 Å². The highest BCUT2D eigenvalue weighted by molar-refractivity contribution is 5.86. The van der Waals surface area contributed by atoms with Gasteiger partial charge >= 0.3 is 23.9 Å². The van der Waals surface area contributed by atoms with Gasteiger partial charge in [-0.2, -0.15) is 0 Å². The molecule has 2 aromatic carbocycles. The number of aliphatic hydroxyl groups is 1. The molecule has 56 heavy (non-hydrogen) atoms. The molecule has 1 unspecified atom stereocenters. The number of aliphatic carboxylic acids is 2. The van der Waals surface area contributed by atoms with Crippen LogP contribution < -0.4 is 9.47 Å². The standard InChI is InChI=1S/C45H64O11/c1-5-45(4,43(52)56-31-17-13-8-6-10-14-28-53-38-23-18-35(19-24-38)21-26-40(47)48)34-44(2,3)42(51)55-30-16-12-9-7-11-15-29-54-39-25-20-36(22-27-41(49)50)32-37(39)33-46/h18-27,32,46H,5-17,28-31,33-34H2,1-4H3,(H,47,48)(H,49,50)/b26-21+,27-22+. The molecule has 0 heterocycles. The number of carbonyl (C=O) groups excluding carboxylic acids is 2. The number of carboxylic acid groups (broad SMARTS) is 2. The van der Waals surface area contributed by atoms with Crippen molar-refractivity contribution in [3.05, 3.63) is 71.3 Å². The Bertz CT molecular complexity index is 1540. The van der Waals surface area contributed by atoms with Gasteiger partial charge < -0.3 is 34.3 Å². The molecular formula is C45H64O11. The lowest BCUT2D eigenvalue weighted by Gasteiger charge is -2.33. The molecular weight excluding hydrogens is 716 g/mol. The summed E-state index contributed by atoms with van der Waals surface area (Å²) in [5, 5.41) is 27.2. The summed E-state index contributed by atoms with van der Waals surface area (Å²) in [6.45, 7) is 9.12. The van der Waals surface area contributed by atoms with E-state index < -0.39 is 22.8 Å². The molecule has 0 radical (unpaired) electrons. The Morgan fingerprint density at radius 3 is 1.59 bits per heavy atom. The molecule has 310 valence electrons. The van der Waals surface area contributed by atoms with Gasteiger partial charge in [0.25, 0.3) is 0 Å². The second-order valence-electron chi connectivity index (χ2n) is 15.1. The summed E-state index contributed by atoms with van der Waals surface area (Å²) in [4.78, 5) is 47.5. The van der Waals surface area contributed by atoms with E-state index in [1.165, 1.54) is 12.2 Å². The Morgan fingerprint density at radius 1 is 0.607 bits per heavy atom. The largest absolute Gasteiger partial charge is 0.494 e. The van der Waals surface area contributed by atoms with Crippen LogP contribution in [-0.2, 0) is 35.3 Å². The van der Waals surface area contributed by atoms with Crippen LogP contribution in [0.4, 0.5) is 0 Å². The molecule has 0 aliphatic rings. The number of ether oxygens (including phenoxy) is 4. The van der Waals surface area contributed by atoms with Crippen LogP contribution in [0.2, 0.25) is 0 Å². The fourth-order valence-electron chi connectivity index (χ4n) is 6.26. The Kier molecular flexibility index (Phi) is 22.3. The smallest absolute Gasteiger partial charge is 0.328 e. The van der Waals surface area contributed by atoms with Crippen molar-refractivity contribution < 1.29 is 53.4 Å². The third-order valence-electron chi connectivity index (χ3n) is 9.70. The topological polar surface area (TPSA) is 166 Å². The van der Waals surface area contributed by atoms with Gasteiger partial charge in [0.15, 0.2) is 0 Å². The molecule has 2 rings (SSSR count). The second kappa shape index (κ2) is 26.3. The molecule has 0 aliphatic heterocycles. The molecule has 0 saturated carbocycles. The minimum absolute atomic E-state index is 0.198. The van der Waals surface area contributed by atoms with E-state index in [4.69, 9.17) is 29.2 Å². The summed E-state index contributed by atoms with van der Waals surface area (Å²) >= 11 is 0. The maximum atomic E-state index is 13.1. The normalized spacial score (nSPS) is 12.7. The fourth-order valence-corrected chi connectivity index (χ4v) is 6.26. The van der Waals surface area contributed by atoms with E-state index >= 15 is 0 Å². The highest BCUT2D eigenvalue weighted by atomic mass is 16.5. The summed E-state index contributed by atoms with van der Waals surface area (Å²) < 4.78 is 22.9. The minimum Gasteiger partial charge on any atom is -0.494 e. The number of unbranched alkanes of at least 4 members (excludes halogenated alkanes) is 10. The van der Waals surface area contributed by atoms with Gasteiger partial charge in [-0.1, -0.05) is 76.5 Å². The quantitative estimate of drug-likeness (QED) is 0.0393. The van der Waals surface area contributed by atoms with Crippen LogP contribution in [0.15, 0.2) is 54.6 Å².